The number of nitrogens with zero attached hydrogens (tertiary/aromatic N) is 1. The molecule has 0 amide bonds. The second-order valence-electron chi connectivity index (χ2n) is 17.7. The topological polar surface area (TPSA) is 189 Å². The quantitative estimate of drug-likeness (QED) is 0.288. The number of carbonyl (C=O) groups is 3. The summed E-state index contributed by atoms with van der Waals surface area (Å²) in [4.78, 5) is 42.8. The van der Waals surface area contributed by atoms with Crippen molar-refractivity contribution in [3.05, 3.63) is 0 Å². The number of ether oxygens (including phenoxy) is 8. The highest BCUT2D eigenvalue weighted by Crippen LogP contribution is 2.42. The number of hydrogen-bond acceptors (Lipinski definition) is 15. The van der Waals surface area contributed by atoms with Crippen LogP contribution in [0.3, 0.4) is 0 Å². The van der Waals surface area contributed by atoms with Crippen molar-refractivity contribution in [3.8, 4) is 0 Å². The molecule has 0 unspecified atom stereocenters. The van der Waals surface area contributed by atoms with Gasteiger partial charge in [-0.05, 0) is 80.8 Å². The van der Waals surface area contributed by atoms with Gasteiger partial charge >= 0.3 is 11.9 Å². The van der Waals surface area contributed by atoms with Gasteiger partial charge in [-0.25, -0.2) is 0 Å². The molecular weight excluding hydrogens is 730 g/mol. The summed E-state index contributed by atoms with van der Waals surface area (Å²) in [5.74, 6) is -4.49. The highest BCUT2D eigenvalue weighted by atomic mass is 16.7. The molecule has 0 aromatic carbocycles. The van der Waals surface area contributed by atoms with Crippen LogP contribution in [0.1, 0.15) is 108 Å². The Morgan fingerprint density at radius 2 is 1.50 bits per heavy atom. The predicted octanol–water partition coefficient (Wildman–Crippen LogP) is 3.40. The number of methoxy groups -OCH3 is 2. The van der Waals surface area contributed by atoms with E-state index < -0.39 is 108 Å². The Morgan fingerprint density at radius 1 is 0.893 bits per heavy atom. The Bertz CT molecular complexity index is 1310. The lowest BCUT2D eigenvalue weighted by Gasteiger charge is -2.49. The molecule has 3 saturated heterocycles. The molecule has 15 heteroatoms. The number of hydrogen-bond donors (Lipinski definition) is 3. The first-order valence-electron chi connectivity index (χ1n) is 20.2. The third kappa shape index (κ3) is 10.9. The van der Waals surface area contributed by atoms with Gasteiger partial charge in [-0.2, -0.15) is 0 Å². The Kier molecular flexibility index (Phi) is 16.9. The summed E-state index contributed by atoms with van der Waals surface area (Å²) >= 11 is 0. The van der Waals surface area contributed by atoms with Crippen molar-refractivity contribution < 1.29 is 67.6 Å². The lowest BCUT2D eigenvalue weighted by atomic mass is 9.76. The average molecular weight is 804 g/mol. The van der Waals surface area contributed by atoms with Crippen molar-refractivity contribution in [2.45, 2.75) is 193 Å². The zero-order chi connectivity index (χ0) is 42.7. The van der Waals surface area contributed by atoms with Crippen molar-refractivity contribution in [2.75, 3.05) is 28.3 Å². The van der Waals surface area contributed by atoms with Crippen molar-refractivity contribution in [2.24, 2.45) is 23.7 Å². The number of ketones is 1. The lowest BCUT2D eigenvalue weighted by Crippen LogP contribution is -2.61. The van der Waals surface area contributed by atoms with Gasteiger partial charge in [0, 0.05) is 45.8 Å². The number of aliphatic hydroxyl groups excluding tert-OH is 2. The third-order valence-corrected chi connectivity index (χ3v) is 12.7. The zero-order valence-corrected chi connectivity index (χ0v) is 36.5. The molecule has 15 nitrogen and oxygen atoms in total. The fraction of sp³-hybridized carbons (Fsp3) is 0.927. The summed E-state index contributed by atoms with van der Waals surface area (Å²) in [6.07, 6.45) is -8.55. The van der Waals surface area contributed by atoms with Gasteiger partial charge in [0.1, 0.15) is 23.6 Å². The van der Waals surface area contributed by atoms with Crippen molar-refractivity contribution in [3.63, 3.8) is 0 Å². The molecule has 18 atom stereocenters. The Balaban J connectivity index is 2.27. The summed E-state index contributed by atoms with van der Waals surface area (Å²) in [5, 5.41) is 34.1. The first-order valence-corrected chi connectivity index (χ1v) is 20.2. The molecule has 3 N–H and O–H groups in total. The van der Waals surface area contributed by atoms with Gasteiger partial charge < -0.3 is 58.1 Å². The molecule has 56 heavy (non-hydrogen) atoms. The van der Waals surface area contributed by atoms with Gasteiger partial charge in [0.05, 0.1) is 53.7 Å². The van der Waals surface area contributed by atoms with Crippen LogP contribution in [0.15, 0.2) is 0 Å². The van der Waals surface area contributed by atoms with Crippen molar-refractivity contribution >= 4 is 17.7 Å². The van der Waals surface area contributed by atoms with E-state index in [1.807, 2.05) is 39.8 Å². The molecule has 3 rings (SSSR count). The molecule has 3 aliphatic rings. The molecule has 3 fully saturated rings. The van der Waals surface area contributed by atoms with Gasteiger partial charge in [-0.15, -0.1) is 0 Å². The van der Waals surface area contributed by atoms with E-state index in [1.165, 1.54) is 28.1 Å². The number of cyclic esters (lactones) is 1. The van der Waals surface area contributed by atoms with Crippen molar-refractivity contribution in [1.82, 2.24) is 4.90 Å². The molecule has 0 spiro atoms. The normalized spacial score (nSPS) is 46.4. The minimum absolute atomic E-state index is 0.0600. The lowest BCUT2D eigenvalue weighted by molar-refractivity contribution is -0.320. The van der Waals surface area contributed by atoms with Crippen LogP contribution in [0.25, 0.3) is 0 Å². The molecule has 0 bridgehead atoms. The van der Waals surface area contributed by atoms with Crippen LogP contribution in [0.2, 0.25) is 0 Å². The van der Waals surface area contributed by atoms with Crippen LogP contribution in [0.4, 0.5) is 0 Å². The maximum Gasteiger partial charge on any atom is 0.311 e. The monoisotopic (exact) mass is 804 g/mol. The number of esters is 2. The van der Waals surface area contributed by atoms with Crippen LogP contribution in [0.5, 0.6) is 0 Å². The fourth-order valence-corrected chi connectivity index (χ4v) is 9.00. The Hall–Kier alpha value is -1.79. The minimum atomic E-state index is -1.90. The molecule has 0 aliphatic carbocycles. The molecule has 0 aromatic rings. The van der Waals surface area contributed by atoms with Crippen LogP contribution in [0, 0.1) is 23.7 Å². The molecule has 3 heterocycles. The van der Waals surface area contributed by atoms with E-state index in [0.29, 0.717) is 6.42 Å². The molecule has 0 saturated carbocycles. The number of carbonyl (C=O) groups excluding carboxylic acids is 3. The first-order chi connectivity index (χ1) is 25.9. The van der Waals surface area contributed by atoms with Crippen molar-refractivity contribution in [1.29, 1.82) is 0 Å². The van der Waals surface area contributed by atoms with E-state index >= 15 is 0 Å². The van der Waals surface area contributed by atoms with Gasteiger partial charge in [0.2, 0.25) is 0 Å². The number of rotatable bonds is 9. The highest BCUT2D eigenvalue weighted by Gasteiger charge is 2.54. The summed E-state index contributed by atoms with van der Waals surface area (Å²) < 4.78 is 50.4. The maximum absolute atomic E-state index is 14.3. The van der Waals surface area contributed by atoms with E-state index in [-0.39, 0.29) is 43.6 Å². The summed E-state index contributed by atoms with van der Waals surface area (Å²) in [5.41, 5.74) is -4.20. The second kappa shape index (κ2) is 19.5. The van der Waals surface area contributed by atoms with Gasteiger partial charge in [0.15, 0.2) is 18.7 Å². The van der Waals surface area contributed by atoms with Crippen LogP contribution >= 0.6 is 0 Å². The number of likely N-dealkylation sites (N-methyl/N-ethyl adjacent to an activating group) is 1. The van der Waals surface area contributed by atoms with Crippen LogP contribution < -0.4 is 0 Å². The smallest absolute Gasteiger partial charge is 0.311 e. The van der Waals surface area contributed by atoms with E-state index in [4.69, 9.17) is 37.9 Å². The summed E-state index contributed by atoms with van der Waals surface area (Å²) in [7, 11) is 6.80. The zero-order valence-electron chi connectivity index (χ0n) is 36.5. The predicted molar refractivity (Wildman–Crippen MR) is 205 cm³/mol. The Labute approximate surface area is 334 Å². The fourth-order valence-electron chi connectivity index (χ4n) is 9.00. The van der Waals surface area contributed by atoms with E-state index in [9.17, 15) is 29.7 Å². The standard InChI is InChI=1S/C41H73NO14/c1-16-30-41(11,48)34(45)21(2)17-29(44)22(3)19-40(10,50-15)36(56-38-33(53-27(8)43)28(42(12)13)18-23(4)51-38)24(5)32(25(6)37(47)54-30)55-31-20-39(9,49-14)35(46)26(7)52-31/h21-26,28,30-36,38,45-46,48H,16-20H2,1-15H3/t21-,22+,23+,24-,25+,26-,28-,30+,31-,32-,33+,34+,35-,36+,38-,39+,40+,41+/m0/s1. The molecule has 326 valence electrons. The largest absolute Gasteiger partial charge is 0.459 e. The average Bonchev–Trinajstić information content (AvgIpc) is 3.12. The molecular formula is C41H73NO14. The third-order valence-electron chi connectivity index (χ3n) is 12.7. The molecule has 3 aliphatic heterocycles. The summed E-state index contributed by atoms with van der Waals surface area (Å²) in [6, 6.07) is -0.276. The molecule has 0 aromatic heterocycles. The number of aliphatic hydroxyl groups is 3. The SMILES string of the molecule is CC[C@H]1OC(=O)[C@H](C)[C@@H](O[C@H]2C[C@@](C)(OC)[C@@H](O)[C@H](C)O2)[C@H](C)[C@@H](O[C@@H]2O[C@H](C)C[C@H](N(C)C)[C@H]2OC(C)=O)[C@](C)(OC)C[C@@H](C)C(=O)C[C@H](C)[C@@H](O)[C@]1(C)O. The maximum atomic E-state index is 14.3. The van der Waals surface area contributed by atoms with Gasteiger partial charge in [-0.3, -0.25) is 14.4 Å². The minimum Gasteiger partial charge on any atom is -0.459 e. The van der Waals surface area contributed by atoms with E-state index in [0.717, 1.165) is 0 Å². The summed E-state index contributed by atoms with van der Waals surface area (Å²) in [6.45, 7) is 18.6. The van der Waals surface area contributed by atoms with Crippen LogP contribution in [-0.2, 0) is 52.3 Å². The van der Waals surface area contributed by atoms with Gasteiger partial charge in [0.25, 0.3) is 0 Å². The van der Waals surface area contributed by atoms with Crippen LogP contribution in [-0.4, -0.2) is 151 Å². The van der Waals surface area contributed by atoms with E-state index in [2.05, 4.69) is 0 Å². The number of Topliss-reactive ketones (excluding diaryl/α,β-unsaturated/α-hetero) is 1. The van der Waals surface area contributed by atoms with E-state index in [1.54, 1.807) is 41.5 Å². The molecule has 0 radical (unpaired) electrons. The Morgan fingerprint density at radius 3 is 2.04 bits per heavy atom. The second-order valence-corrected chi connectivity index (χ2v) is 17.7. The van der Waals surface area contributed by atoms with Gasteiger partial charge in [-0.1, -0.05) is 27.7 Å². The highest BCUT2D eigenvalue weighted by molar-refractivity contribution is 5.81. The first kappa shape index (κ1) is 48.6.